The van der Waals surface area contributed by atoms with Crippen LogP contribution in [0.15, 0.2) is 30.5 Å². The lowest BCUT2D eigenvalue weighted by molar-refractivity contribution is -1.64. The van der Waals surface area contributed by atoms with Gasteiger partial charge in [0.1, 0.15) is 4.39 Å². The van der Waals surface area contributed by atoms with Gasteiger partial charge in [0.15, 0.2) is 0 Å². The topological polar surface area (TPSA) is 71.5 Å². The molecule has 5 nitrogen and oxygen atoms in total. The summed E-state index contributed by atoms with van der Waals surface area (Å²) >= 11 is 0. The molecule has 0 saturated heterocycles. The predicted molar refractivity (Wildman–Crippen MR) is 49.5 cm³/mol. The van der Waals surface area contributed by atoms with Crippen molar-refractivity contribution in [3.63, 3.8) is 0 Å². The second kappa shape index (κ2) is 5.38. The molecule has 0 fully saturated rings. The standard InChI is InChI=1S/C10H11ClN2O3/c14-11(15)16-13-7-4-9(5-8-13)10-3-1-2-6-12-10/h1-4,6H,5,7-8H2. The third-order valence-corrected chi connectivity index (χ3v) is 2.63. The van der Waals surface area contributed by atoms with E-state index in [0.717, 1.165) is 17.7 Å². The van der Waals surface area contributed by atoms with Crippen LogP contribution in [0.2, 0.25) is 0 Å². The Hall–Kier alpha value is -0.980. The Labute approximate surface area is 96.3 Å². The average Bonchev–Trinajstić information content (AvgIpc) is 2.30. The number of nitrogens with zero attached hydrogens (tertiary/aromatic N) is 2. The third kappa shape index (κ3) is 3.01. The molecule has 0 radical (unpaired) electrons. The van der Waals surface area contributed by atoms with Gasteiger partial charge < -0.3 is 9.32 Å². The summed E-state index contributed by atoms with van der Waals surface area (Å²) in [6.45, 7) is 0.992. The molecule has 16 heavy (non-hydrogen) atoms. The van der Waals surface area contributed by atoms with Crippen molar-refractivity contribution in [1.82, 2.24) is 10.0 Å². The van der Waals surface area contributed by atoms with Crippen molar-refractivity contribution in [1.29, 1.82) is 0 Å². The molecule has 0 aromatic carbocycles. The Morgan fingerprint density at radius 3 is 2.81 bits per heavy atom. The van der Waals surface area contributed by atoms with Crippen LogP contribution in [0.3, 0.4) is 0 Å². The minimum absolute atomic E-state index is 0.449. The summed E-state index contributed by atoms with van der Waals surface area (Å²) < 4.78 is 25.1. The van der Waals surface area contributed by atoms with Gasteiger partial charge in [0, 0.05) is 12.7 Å². The summed E-state index contributed by atoms with van der Waals surface area (Å²) in [6, 6.07) is 5.73. The van der Waals surface area contributed by atoms with Gasteiger partial charge in [-0.05, 0) is 24.1 Å². The Kier molecular flexibility index (Phi) is 3.87. The van der Waals surface area contributed by atoms with Crippen LogP contribution in [0.4, 0.5) is 0 Å². The van der Waals surface area contributed by atoms with E-state index in [1.165, 1.54) is 5.06 Å². The van der Waals surface area contributed by atoms with E-state index in [1.54, 1.807) is 6.20 Å². The quantitative estimate of drug-likeness (QED) is 0.693. The summed E-state index contributed by atoms with van der Waals surface area (Å²) in [5.74, 6) is 0. The second-order valence-corrected chi connectivity index (χ2v) is 3.86. The number of rotatable bonds is 3. The minimum Gasteiger partial charge on any atom is -0.319 e. The lowest BCUT2D eigenvalue weighted by Gasteiger charge is -2.18. The van der Waals surface area contributed by atoms with E-state index >= 15 is 0 Å². The van der Waals surface area contributed by atoms with Gasteiger partial charge in [-0.1, -0.05) is 17.2 Å². The number of pyridine rings is 1. The normalized spacial score (nSPS) is 17.6. The molecular formula is C10H11ClN2O3. The highest BCUT2D eigenvalue weighted by Gasteiger charge is 2.22. The van der Waals surface area contributed by atoms with Gasteiger partial charge in [0.05, 0.1) is 12.2 Å². The number of hydroxylamine groups is 2. The Bertz CT molecular complexity index is 370. The molecule has 6 heteroatoms. The smallest absolute Gasteiger partial charge is 0.312 e. The molecule has 1 aromatic heterocycles. The first kappa shape index (κ1) is 11.5. The zero-order chi connectivity index (χ0) is 11.4. The van der Waals surface area contributed by atoms with Crippen molar-refractivity contribution in [3.8, 4) is 0 Å². The summed E-state index contributed by atoms with van der Waals surface area (Å²) in [5, 5.41) is 1.38. The Morgan fingerprint density at radius 1 is 1.38 bits per heavy atom. The van der Waals surface area contributed by atoms with E-state index in [-0.39, 0.29) is 0 Å². The maximum atomic E-state index is 10.3. The first-order valence-electron chi connectivity index (χ1n) is 4.85. The number of hydrogen-bond donors (Lipinski definition) is 0. The summed E-state index contributed by atoms with van der Waals surface area (Å²) in [6.07, 6.45) is 4.39. The van der Waals surface area contributed by atoms with Crippen LogP contribution in [0.5, 0.6) is 0 Å². The maximum absolute atomic E-state index is 10.3. The fourth-order valence-corrected chi connectivity index (χ4v) is 1.86. The van der Waals surface area contributed by atoms with Gasteiger partial charge in [-0.2, -0.15) is 0 Å². The monoisotopic (exact) mass is 242 g/mol. The van der Waals surface area contributed by atoms with Crippen LogP contribution in [0, 0.1) is 10.8 Å². The molecule has 0 aliphatic carbocycles. The Balaban J connectivity index is 1.99. The van der Waals surface area contributed by atoms with Crippen LogP contribution >= 0.6 is 0 Å². The minimum atomic E-state index is -2.16. The molecule has 0 saturated carbocycles. The van der Waals surface area contributed by atoms with Gasteiger partial charge in [0.25, 0.3) is 0 Å². The van der Waals surface area contributed by atoms with Crippen molar-refractivity contribution in [2.75, 3.05) is 13.1 Å². The van der Waals surface area contributed by atoms with Gasteiger partial charge in [-0.15, -0.1) is 0 Å². The zero-order valence-corrected chi connectivity index (χ0v) is 9.26. The molecule has 0 atom stereocenters. The number of halogens is 1. The van der Waals surface area contributed by atoms with E-state index < -0.39 is 10.8 Å². The van der Waals surface area contributed by atoms with E-state index in [1.807, 2.05) is 24.3 Å². The molecule has 0 unspecified atom stereocenters. The predicted octanol–water partition coefficient (Wildman–Crippen LogP) is -0.811. The first-order chi connectivity index (χ1) is 7.75. The van der Waals surface area contributed by atoms with Crippen molar-refractivity contribution in [2.24, 2.45) is 0 Å². The van der Waals surface area contributed by atoms with Crippen LogP contribution in [-0.2, 0) is 4.39 Å². The molecule has 1 aliphatic heterocycles. The van der Waals surface area contributed by atoms with Crippen molar-refractivity contribution in [2.45, 2.75) is 6.42 Å². The Morgan fingerprint density at radius 2 is 2.25 bits per heavy atom. The van der Waals surface area contributed by atoms with Crippen molar-refractivity contribution >= 4 is 5.57 Å². The number of hydrogen-bond acceptors (Lipinski definition) is 5. The summed E-state index contributed by atoms with van der Waals surface area (Å²) in [7, 11) is -2.16. The zero-order valence-electron chi connectivity index (χ0n) is 8.51. The molecule has 0 bridgehead atoms. The summed E-state index contributed by atoms with van der Waals surface area (Å²) in [4.78, 5) is 4.24. The highest BCUT2D eigenvalue weighted by molar-refractivity contribution is 5.63. The molecular weight excluding hydrogens is 232 g/mol. The van der Waals surface area contributed by atoms with E-state index in [4.69, 9.17) is 0 Å². The van der Waals surface area contributed by atoms with Crippen LogP contribution in [0.25, 0.3) is 5.57 Å². The molecule has 0 spiro atoms. The second-order valence-electron chi connectivity index (χ2n) is 3.34. The van der Waals surface area contributed by atoms with Crippen molar-refractivity contribution in [3.05, 3.63) is 36.2 Å². The fourth-order valence-electron chi connectivity index (χ4n) is 1.58. The molecule has 0 N–H and O–H groups in total. The van der Waals surface area contributed by atoms with Gasteiger partial charge in [0.2, 0.25) is 0 Å². The molecule has 0 amide bonds. The van der Waals surface area contributed by atoms with Gasteiger partial charge in [-0.25, -0.2) is 0 Å². The van der Waals surface area contributed by atoms with E-state index in [9.17, 15) is 9.32 Å². The molecule has 2 rings (SSSR count). The average molecular weight is 243 g/mol. The van der Waals surface area contributed by atoms with Crippen LogP contribution < -0.4 is 9.32 Å². The summed E-state index contributed by atoms with van der Waals surface area (Å²) in [5.41, 5.74) is 2.05. The maximum Gasteiger partial charge on any atom is 0.312 e. The van der Waals surface area contributed by atoms with Crippen LogP contribution in [-0.4, -0.2) is 23.1 Å². The van der Waals surface area contributed by atoms with E-state index in [2.05, 4.69) is 9.37 Å². The molecule has 1 aliphatic rings. The van der Waals surface area contributed by atoms with Gasteiger partial charge in [-0.3, -0.25) is 4.98 Å². The largest absolute Gasteiger partial charge is 0.319 e. The van der Waals surface area contributed by atoms with Crippen LogP contribution in [0.1, 0.15) is 12.1 Å². The molecule has 86 valence electrons. The lowest BCUT2D eigenvalue weighted by Crippen LogP contribution is -2.42. The van der Waals surface area contributed by atoms with E-state index in [0.29, 0.717) is 13.1 Å². The first-order valence-corrected chi connectivity index (χ1v) is 5.77. The van der Waals surface area contributed by atoms with Crippen molar-refractivity contribution < 1.29 is 24.5 Å². The molecule has 1 aromatic rings. The highest BCUT2D eigenvalue weighted by atomic mass is 35.6. The third-order valence-electron chi connectivity index (χ3n) is 2.32. The van der Waals surface area contributed by atoms with Gasteiger partial charge >= 0.3 is 10.8 Å². The molecule has 2 heterocycles. The lowest BCUT2D eigenvalue weighted by atomic mass is 10.1. The highest BCUT2D eigenvalue weighted by Crippen LogP contribution is 2.20. The SMILES string of the molecule is [O-][Cl+2]([O-])ON1CC=C(c2ccccn2)CC1. The fraction of sp³-hybridized carbons (Fsp3) is 0.300. The number of aromatic nitrogens is 1.